The Morgan fingerprint density at radius 1 is 1.02 bits per heavy atom. The number of nitrogens with zero attached hydrogens (tertiary/aromatic N) is 2. The van der Waals surface area contributed by atoms with Crippen molar-refractivity contribution >= 4 is 29.1 Å². The second-order valence-electron chi connectivity index (χ2n) is 9.94. The van der Waals surface area contributed by atoms with Crippen molar-refractivity contribution in [1.29, 1.82) is 0 Å². The summed E-state index contributed by atoms with van der Waals surface area (Å²) in [7, 11) is 1.65. The van der Waals surface area contributed by atoms with Gasteiger partial charge < -0.3 is 14.3 Å². The largest absolute Gasteiger partial charge is 0.496 e. The number of carboxylic acids is 1. The summed E-state index contributed by atoms with van der Waals surface area (Å²) in [6, 6.07) is 25.9. The molecule has 0 radical (unpaired) electrons. The monoisotopic (exact) mass is 560 g/mol. The van der Waals surface area contributed by atoms with E-state index in [1.54, 1.807) is 36.0 Å². The molecule has 0 bridgehead atoms. The van der Waals surface area contributed by atoms with Gasteiger partial charge in [0.1, 0.15) is 17.3 Å². The van der Waals surface area contributed by atoms with Crippen LogP contribution in [0.1, 0.15) is 45.3 Å². The van der Waals surface area contributed by atoms with Crippen LogP contribution < -0.4 is 19.6 Å². The molecule has 7 nitrogen and oxygen atoms in total. The number of furan rings is 1. The van der Waals surface area contributed by atoms with E-state index in [9.17, 15) is 14.7 Å². The average molecular weight is 561 g/mol. The van der Waals surface area contributed by atoms with Gasteiger partial charge in [-0.3, -0.25) is 9.36 Å². The molecule has 1 atom stereocenters. The fourth-order valence-corrected chi connectivity index (χ4v) is 6.66. The van der Waals surface area contributed by atoms with Crippen LogP contribution in [0.25, 0.3) is 23.1 Å². The summed E-state index contributed by atoms with van der Waals surface area (Å²) in [4.78, 5) is 30.9. The van der Waals surface area contributed by atoms with Crippen LogP contribution in [0.5, 0.6) is 5.75 Å². The maximum Gasteiger partial charge on any atom is 0.335 e. The molecule has 0 saturated carbocycles. The molecule has 0 fully saturated rings. The zero-order valence-corrected chi connectivity index (χ0v) is 22.9. The number of aromatic carboxylic acids is 1. The minimum atomic E-state index is -0.983. The van der Waals surface area contributed by atoms with Crippen LogP contribution in [0.3, 0.4) is 0 Å². The molecule has 0 unspecified atom stereocenters. The summed E-state index contributed by atoms with van der Waals surface area (Å²) in [6.07, 6.45) is 3.42. The molecule has 1 aliphatic heterocycles. The molecule has 2 aromatic heterocycles. The van der Waals surface area contributed by atoms with Crippen molar-refractivity contribution in [3.05, 3.63) is 138 Å². The molecule has 0 amide bonds. The number of aryl methyl sites for hydroxylation is 1. The van der Waals surface area contributed by atoms with Crippen molar-refractivity contribution in [2.45, 2.75) is 18.9 Å². The lowest BCUT2D eigenvalue weighted by Gasteiger charge is -2.31. The number of carboxylic acid groups (broad SMARTS) is 1. The number of fused-ring (bicyclic) bond motifs is 3. The van der Waals surface area contributed by atoms with Crippen molar-refractivity contribution in [3.63, 3.8) is 0 Å². The summed E-state index contributed by atoms with van der Waals surface area (Å²) in [5.41, 5.74) is 6.14. The second kappa shape index (κ2) is 9.91. The summed E-state index contributed by atoms with van der Waals surface area (Å²) in [5.74, 6) is 0.850. The van der Waals surface area contributed by atoms with Crippen LogP contribution in [0.4, 0.5) is 0 Å². The predicted molar refractivity (Wildman–Crippen MR) is 157 cm³/mol. The Kier molecular flexibility index (Phi) is 6.05. The number of benzene rings is 3. The lowest BCUT2D eigenvalue weighted by molar-refractivity contribution is 0.0697. The van der Waals surface area contributed by atoms with Gasteiger partial charge in [0, 0.05) is 22.8 Å². The maximum absolute atomic E-state index is 14.0. The van der Waals surface area contributed by atoms with Crippen molar-refractivity contribution in [2.24, 2.45) is 4.99 Å². The molecule has 8 heteroatoms. The molecule has 0 saturated heterocycles. The van der Waals surface area contributed by atoms with Gasteiger partial charge in [0.05, 0.1) is 28.9 Å². The van der Waals surface area contributed by atoms with Crippen LogP contribution in [-0.4, -0.2) is 22.8 Å². The van der Waals surface area contributed by atoms with Gasteiger partial charge in [-0.05, 0) is 54.3 Å². The zero-order valence-electron chi connectivity index (χ0n) is 22.0. The molecule has 3 aromatic carbocycles. The van der Waals surface area contributed by atoms with Gasteiger partial charge in [0.15, 0.2) is 4.80 Å². The van der Waals surface area contributed by atoms with Gasteiger partial charge in [0.2, 0.25) is 0 Å². The highest BCUT2D eigenvalue weighted by molar-refractivity contribution is 7.07. The summed E-state index contributed by atoms with van der Waals surface area (Å²) in [5, 5.41) is 9.17. The summed E-state index contributed by atoms with van der Waals surface area (Å²) in [6.45, 7) is 0. The standard InChI is InChI=1S/C33H24N2O5S/c1-39-27-9-5-4-8-24(27)30-25-16-14-19-6-2-3-7-23(19)29(25)34-33-35(30)31(36)28(41-33)18-22-15-17-26(40-22)20-10-12-21(13-11-20)32(37)38/h2-13,15,17-18,30H,14,16H2,1H3,(H,37,38)/b28-18-/t30-/m0/s1. The van der Waals surface area contributed by atoms with Gasteiger partial charge >= 0.3 is 5.97 Å². The Bertz CT molecular complexity index is 2050. The summed E-state index contributed by atoms with van der Waals surface area (Å²) >= 11 is 1.34. The maximum atomic E-state index is 14.0. The number of ether oxygens (including phenoxy) is 1. The predicted octanol–water partition coefficient (Wildman–Crippen LogP) is 5.29. The lowest BCUT2D eigenvalue weighted by atomic mass is 9.83. The number of hydrogen-bond acceptors (Lipinski definition) is 6. The fraction of sp³-hybridized carbons (Fsp3) is 0.121. The van der Waals surface area contributed by atoms with Gasteiger partial charge in [-0.15, -0.1) is 0 Å². The minimum absolute atomic E-state index is 0.140. The Morgan fingerprint density at radius 3 is 2.61 bits per heavy atom. The highest BCUT2D eigenvalue weighted by Gasteiger charge is 2.34. The van der Waals surface area contributed by atoms with E-state index < -0.39 is 5.97 Å². The first-order valence-corrected chi connectivity index (χ1v) is 14.0. The number of rotatable bonds is 5. The molecule has 0 spiro atoms. The van der Waals surface area contributed by atoms with E-state index in [-0.39, 0.29) is 17.2 Å². The van der Waals surface area contributed by atoms with Crippen LogP contribution in [0.15, 0.2) is 105 Å². The number of allylic oxidation sites excluding steroid dienone is 1. The number of methoxy groups -OCH3 is 1. The van der Waals surface area contributed by atoms with Gasteiger partial charge in [0.25, 0.3) is 5.56 Å². The highest BCUT2D eigenvalue weighted by atomic mass is 32.1. The van der Waals surface area contributed by atoms with E-state index in [0.717, 1.165) is 46.6 Å². The fourth-order valence-electron chi connectivity index (χ4n) is 5.68. The number of hydrogen-bond donors (Lipinski definition) is 1. The van der Waals surface area contributed by atoms with Crippen LogP contribution in [0.2, 0.25) is 0 Å². The Hall–Kier alpha value is -4.95. The first-order valence-electron chi connectivity index (χ1n) is 13.2. The molecule has 7 rings (SSSR count). The number of aromatic nitrogens is 1. The van der Waals surface area contributed by atoms with Crippen molar-refractivity contribution in [2.75, 3.05) is 7.11 Å². The van der Waals surface area contributed by atoms with Crippen molar-refractivity contribution in [1.82, 2.24) is 4.57 Å². The minimum Gasteiger partial charge on any atom is -0.496 e. The average Bonchev–Trinajstić information content (AvgIpc) is 3.60. The van der Waals surface area contributed by atoms with Crippen LogP contribution in [-0.2, 0) is 6.42 Å². The molecule has 2 aliphatic rings. The van der Waals surface area contributed by atoms with Gasteiger partial charge in [-0.25, -0.2) is 9.79 Å². The smallest absolute Gasteiger partial charge is 0.335 e. The third-order valence-corrected chi connectivity index (χ3v) is 8.61. The molecular weight excluding hydrogens is 536 g/mol. The van der Waals surface area contributed by atoms with Crippen LogP contribution >= 0.6 is 11.3 Å². The van der Waals surface area contributed by atoms with E-state index in [2.05, 4.69) is 18.2 Å². The lowest BCUT2D eigenvalue weighted by Crippen LogP contribution is -2.38. The molecule has 1 aliphatic carbocycles. The highest BCUT2D eigenvalue weighted by Crippen LogP contribution is 2.43. The normalized spacial score (nSPS) is 16.0. The molecule has 41 heavy (non-hydrogen) atoms. The quantitative estimate of drug-likeness (QED) is 0.316. The Balaban J connectivity index is 1.38. The molecular formula is C33H24N2O5S. The van der Waals surface area contributed by atoms with E-state index >= 15 is 0 Å². The first-order chi connectivity index (χ1) is 20.0. The van der Waals surface area contributed by atoms with Gasteiger partial charge in [-0.2, -0.15) is 0 Å². The number of carbonyl (C=O) groups is 1. The van der Waals surface area contributed by atoms with Crippen molar-refractivity contribution < 1.29 is 19.1 Å². The van der Waals surface area contributed by atoms with Gasteiger partial charge in [-0.1, -0.05) is 65.9 Å². The van der Waals surface area contributed by atoms with E-state index in [4.69, 9.17) is 14.1 Å². The third-order valence-electron chi connectivity index (χ3n) is 7.62. The molecule has 1 N–H and O–H groups in total. The molecule has 3 heterocycles. The van der Waals surface area contributed by atoms with Crippen LogP contribution in [0, 0.1) is 0 Å². The Morgan fingerprint density at radius 2 is 1.80 bits per heavy atom. The first kappa shape index (κ1) is 25.0. The second-order valence-corrected chi connectivity index (χ2v) is 10.9. The molecule has 202 valence electrons. The number of para-hydroxylation sites is 1. The zero-order chi connectivity index (χ0) is 28.1. The number of thiazole rings is 1. The van der Waals surface area contributed by atoms with E-state index in [0.29, 0.717) is 20.9 Å². The summed E-state index contributed by atoms with van der Waals surface area (Å²) < 4.78 is 14.1. The topological polar surface area (TPSA) is 94.0 Å². The third kappa shape index (κ3) is 4.24. The SMILES string of the molecule is COc1ccccc1[C@H]1C2=C(N=c3s/c(=C\c4ccc(-c5ccc(C(=O)O)cc5)o4)c(=O)n31)c1ccccc1CC2. The van der Waals surface area contributed by atoms with E-state index in [1.807, 2.05) is 36.4 Å². The molecule has 5 aromatic rings. The Labute approximate surface area is 238 Å². The van der Waals surface area contributed by atoms with Crippen molar-refractivity contribution in [3.8, 4) is 17.1 Å². The van der Waals surface area contributed by atoms with E-state index in [1.165, 1.54) is 29.0 Å².